The number of nitrogens with one attached hydrogen (secondary N) is 3. The van der Waals surface area contributed by atoms with Crippen LogP contribution in [0.5, 0.6) is 0 Å². The molecule has 5 nitrogen and oxygen atoms in total. The van der Waals surface area contributed by atoms with E-state index in [9.17, 15) is 9.59 Å². The highest BCUT2D eigenvalue weighted by atomic mass is 16.2. The summed E-state index contributed by atoms with van der Waals surface area (Å²) in [5.41, 5.74) is 3.89. The number of aryl methyl sites for hydroxylation is 1. The molecule has 3 N–H and O–H groups in total. The maximum absolute atomic E-state index is 11.9. The molecule has 0 aliphatic heterocycles. The molecule has 2 rings (SSSR count). The van der Waals surface area contributed by atoms with Gasteiger partial charge in [-0.25, -0.2) is 4.79 Å². The van der Waals surface area contributed by atoms with Crippen molar-refractivity contribution in [2.75, 3.05) is 5.32 Å². The molecule has 0 unspecified atom stereocenters. The first kappa shape index (κ1) is 18.5. The zero-order valence-electron chi connectivity index (χ0n) is 14.9. The molecule has 0 saturated carbocycles. The second kappa shape index (κ2) is 8.87. The van der Waals surface area contributed by atoms with Crippen molar-refractivity contribution in [3.8, 4) is 0 Å². The minimum atomic E-state index is -0.224. The fourth-order valence-corrected chi connectivity index (χ4v) is 2.29. The van der Waals surface area contributed by atoms with Crippen molar-refractivity contribution >= 4 is 17.6 Å². The van der Waals surface area contributed by atoms with Gasteiger partial charge in [0.1, 0.15) is 0 Å². The standard InChI is InChI=1S/C20H25N3O2/c1-14(2)19(24)23-18-9-5-8-17(11-18)13-22-20(25)21-12-16-7-4-6-15(3)10-16/h4-11,14H,12-13H2,1-3H3,(H,23,24)(H2,21,22,25). The van der Waals surface area contributed by atoms with E-state index in [2.05, 4.69) is 16.0 Å². The Hall–Kier alpha value is -2.82. The Labute approximate surface area is 148 Å². The molecular weight excluding hydrogens is 314 g/mol. The van der Waals surface area contributed by atoms with Crippen molar-refractivity contribution < 1.29 is 9.59 Å². The fourth-order valence-electron chi connectivity index (χ4n) is 2.29. The Morgan fingerprint density at radius 2 is 1.52 bits per heavy atom. The zero-order chi connectivity index (χ0) is 18.2. The van der Waals surface area contributed by atoms with Gasteiger partial charge in [-0.1, -0.05) is 55.8 Å². The third-order valence-corrected chi connectivity index (χ3v) is 3.71. The van der Waals surface area contributed by atoms with Crippen LogP contribution in [-0.4, -0.2) is 11.9 Å². The van der Waals surface area contributed by atoms with Gasteiger partial charge in [0.2, 0.25) is 5.91 Å². The molecule has 5 heteroatoms. The Morgan fingerprint density at radius 3 is 2.12 bits per heavy atom. The van der Waals surface area contributed by atoms with Gasteiger partial charge in [-0.3, -0.25) is 4.79 Å². The molecule has 0 aliphatic carbocycles. The average Bonchev–Trinajstić information content (AvgIpc) is 2.58. The molecule has 0 atom stereocenters. The summed E-state index contributed by atoms with van der Waals surface area (Å²) in [6, 6.07) is 15.3. The molecule has 0 saturated heterocycles. The van der Waals surface area contributed by atoms with Crippen molar-refractivity contribution in [1.82, 2.24) is 10.6 Å². The lowest BCUT2D eigenvalue weighted by Crippen LogP contribution is -2.34. The Kier molecular flexibility index (Phi) is 6.57. The second-order valence-electron chi connectivity index (χ2n) is 6.37. The van der Waals surface area contributed by atoms with Crippen molar-refractivity contribution in [2.24, 2.45) is 5.92 Å². The van der Waals surface area contributed by atoms with Gasteiger partial charge >= 0.3 is 6.03 Å². The lowest BCUT2D eigenvalue weighted by molar-refractivity contribution is -0.118. The monoisotopic (exact) mass is 339 g/mol. The molecule has 3 amide bonds. The van der Waals surface area contributed by atoms with Gasteiger partial charge < -0.3 is 16.0 Å². The summed E-state index contributed by atoms with van der Waals surface area (Å²) >= 11 is 0. The van der Waals surface area contributed by atoms with E-state index in [1.54, 1.807) is 0 Å². The molecule has 0 heterocycles. The SMILES string of the molecule is Cc1cccc(CNC(=O)NCc2cccc(NC(=O)C(C)C)c2)c1. The number of rotatable bonds is 6. The second-order valence-corrected chi connectivity index (χ2v) is 6.37. The van der Waals surface area contributed by atoms with Crippen molar-refractivity contribution in [1.29, 1.82) is 0 Å². The van der Waals surface area contributed by atoms with Crippen LogP contribution in [0.25, 0.3) is 0 Å². The van der Waals surface area contributed by atoms with Crippen molar-refractivity contribution in [3.05, 3.63) is 65.2 Å². The first-order valence-electron chi connectivity index (χ1n) is 8.41. The topological polar surface area (TPSA) is 70.2 Å². The largest absolute Gasteiger partial charge is 0.334 e. The molecule has 0 aliphatic rings. The summed E-state index contributed by atoms with van der Waals surface area (Å²) in [5.74, 6) is -0.102. The van der Waals surface area contributed by atoms with Crippen LogP contribution in [0.4, 0.5) is 10.5 Å². The third-order valence-electron chi connectivity index (χ3n) is 3.71. The molecule has 132 valence electrons. The fraction of sp³-hybridized carbons (Fsp3) is 0.300. The summed E-state index contributed by atoms with van der Waals surface area (Å²) in [5, 5.41) is 8.52. The van der Waals surface area contributed by atoms with Crippen molar-refractivity contribution in [2.45, 2.75) is 33.9 Å². The van der Waals surface area contributed by atoms with E-state index in [1.807, 2.05) is 69.3 Å². The lowest BCUT2D eigenvalue weighted by atomic mass is 10.1. The van der Waals surface area contributed by atoms with Crippen LogP contribution in [0, 0.1) is 12.8 Å². The smallest absolute Gasteiger partial charge is 0.315 e. The highest BCUT2D eigenvalue weighted by Crippen LogP contribution is 2.12. The highest BCUT2D eigenvalue weighted by Gasteiger charge is 2.07. The summed E-state index contributed by atoms with van der Waals surface area (Å²) in [4.78, 5) is 23.7. The average molecular weight is 339 g/mol. The molecular formula is C20H25N3O2. The Bertz CT molecular complexity index is 741. The van der Waals surface area contributed by atoms with E-state index in [4.69, 9.17) is 0 Å². The number of urea groups is 1. The van der Waals surface area contributed by atoms with E-state index >= 15 is 0 Å². The van der Waals surface area contributed by atoms with Crippen LogP contribution >= 0.6 is 0 Å². The van der Waals surface area contributed by atoms with Gasteiger partial charge in [0.25, 0.3) is 0 Å². The number of hydrogen-bond donors (Lipinski definition) is 3. The molecule has 0 fully saturated rings. The number of amides is 3. The van der Waals surface area contributed by atoms with Gasteiger partial charge in [0.05, 0.1) is 0 Å². The van der Waals surface area contributed by atoms with Crippen LogP contribution in [0.15, 0.2) is 48.5 Å². The van der Waals surface area contributed by atoms with Crippen LogP contribution in [0.1, 0.15) is 30.5 Å². The van der Waals surface area contributed by atoms with Crippen LogP contribution < -0.4 is 16.0 Å². The van der Waals surface area contributed by atoms with Gasteiger partial charge in [-0.2, -0.15) is 0 Å². The van der Waals surface area contributed by atoms with E-state index in [1.165, 1.54) is 5.56 Å². The van der Waals surface area contributed by atoms with Crippen molar-refractivity contribution in [3.63, 3.8) is 0 Å². The van der Waals surface area contributed by atoms with Gasteiger partial charge in [-0.05, 0) is 30.2 Å². The molecule has 0 bridgehead atoms. The summed E-state index contributed by atoms with van der Waals surface area (Å²) in [6.45, 7) is 6.59. The van der Waals surface area contributed by atoms with Gasteiger partial charge in [-0.15, -0.1) is 0 Å². The van der Waals surface area contributed by atoms with E-state index in [-0.39, 0.29) is 17.9 Å². The van der Waals surface area contributed by atoms with Crippen LogP contribution in [0.2, 0.25) is 0 Å². The maximum Gasteiger partial charge on any atom is 0.315 e. The Morgan fingerprint density at radius 1 is 0.920 bits per heavy atom. The quantitative estimate of drug-likeness (QED) is 0.753. The van der Waals surface area contributed by atoms with E-state index < -0.39 is 0 Å². The van der Waals surface area contributed by atoms with Crippen LogP contribution in [0.3, 0.4) is 0 Å². The number of carbonyl (C=O) groups excluding carboxylic acids is 2. The third kappa shape index (κ3) is 6.30. The number of anilines is 1. The van der Waals surface area contributed by atoms with Gasteiger partial charge in [0.15, 0.2) is 0 Å². The first-order chi connectivity index (χ1) is 11.9. The minimum absolute atomic E-state index is 0.0268. The summed E-state index contributed by atoms with van der Waals surface area (Å²) < 4.78 is 0. The molecule has 25 heavy (non-hydrogen) atoms. The number of carbonyl (C=O) groups is 2. The zero-order valence-corrected chi connectivity index (χ0v) is 14.9. The predicted octanol–water partition coefficient (Wildman–Crippen LogP) is 3.59. The van der Waals surface area contributed by atoms with Crippen LogP contribution in [-0.2, 0) is 17.9 Å². The summed E-state index contributed by atoms with van der Waals surface area (Å²) in [6.07, 6.45) is 0. The summed E-state index contributed by atoms with van der Waals surface area (Å²) in [7, 11) is 0. The Balaban J connectivity index is 1.82. The van der Waals surface area contributed by atoms with Gasteiger partial charge in [0, 0.05) is 24.7 Å². The molecule has 0 radical (unpaired) electrons. The lowest BCUT2D eigenvalue weighted by Gasteiger charge is -2.11. The van der Waals surface area contributed by atoms with E-state index in [0.717, 1.165) is 16.8 Å². The molecule has 0 aromatic heterocycles. The number of hydrogen-bond acceptors (Lipinski definition) is 2. The molecule has 0 spiro atoms. The maximum atomic E-state index is 11.9. The highest BCUT2D eigenvalue weighted by molar-refractivity contribution is 5.92. The normalized spacial score (nSPS) is 10.4. The first-order valence-corrected chi connectivity index (χ1v) is 8.41. The predicted molar refractivity (Wildman–Crippen MR) is 100 cm³/mol. The molecule has 2 aromatic rings. The minimum Gasteiger partial charge on any atom is -0.334 e. The molecule has 2 aromatic carbocycles. The number of benzene rings is 2. The van der Waals surface area contributed by atoms with E-state index in [0.29, 0.717) is 13.1 Å².